The summed E-state index contributed by atoms with van der Waals surface area (Å²) in [5, 5.41) is 10.2. The lowest BCUT2D eigenvalue weighted by atomic mass is 9.93. The van der Waals surface area contributed by atoms with Gasteiger partial charge in [-0.3, -0.25) is 9.59 Å². The Balaban J connectivity index is 0.000000264. The lowest BCUT2D eigenvalue weighted by Crippen LogP contribution is -2.29. The van der Waals surface area contributed by atoms with E-state index in [1.807, 2.05) is 0 Å². The second-order valence-corrected chi connectivity index (χ2v) is 7.97. The number of hydrogen-bond donors (Lipinski definition) is 5. The van der Waals surface area contributed by atoms with Crippen molar-refractivity contribution in [2.24, 2.45) is 17.2 Å². The number of amides is 2. The number of nitrogens with one attached hydrogen (secondary N) is 1. The number of aromatic nitrogens is 4. The molecule has 0 bridgehead atoms. The van der Waals surface area contributed by atoms with Crippen LogP contribution in [0.25, 0.3) is 0 Å². The lowest BCUT2D eigenvalue weighted by molar-refractivity contribution is 0.0991. The minimum absolute atomic E-state index is 0.0139. The number of anilines is 1. The van der Waals surface area contributed by atoms with E-state index in [-0.39, 0.29) is 26.8 Å². The van der Waals surface area contributed by atoms with Gasteiger partial charge in [0.05, 0.1) is 11.1 Å². The highest BCUT2D eigenvalue weighted by atomic mass is 35.5. The monoisotopic (exact) mass is 520 g/mol. The second-order valence-electron chi connectivity index (χ2n) is 6.94. The first-order chi connectivity index (χ1) is 15.7. The van der Waals surface area contributed by atoms with Gasteiger partial charge in [0.25, 0.3) is 11.8 Å². The molecule has 2 heterocycles. The summed E-state index contributed by atoms with van der Waals surface area (Å²) >= 11 is 16.5. The summed E-state index contributed by atoms with van der Waals surface area (Å²) in [6.45, 7) is 0. The van der Waals surface area contributed by atoms with Crippen LogP contribution in [0, 0.1) is 0 Å². The Labute approximate surface area is 206 Å². The first kappa shape index (κ1) is 28.7. The molecule has 8 N–H and O–H groups in total. The summed E-state index contributed by atoms with van der Waals surface area (Å²) in [4.78, 5) is 36.4. The van der Waals surface area contributed by atoms with Crippen molar-refractivity contribution in [3.63, 3.8) is 0 Å². The maximum absolute atomic E-state index is 11.1. The molecule has 2 aromatic heterocycles. The van der Waals surface area contributed by atoms with E-state index in [0.717, 1.165) is 20.0 Å². The van der Waals surface area contributed by atoms with E-state index >= 15 is 0 Å². The van der Waals surface area contributed by atoms with Crippen LogP contribution in [0.2, 0.25) is 15.7 Å². The quantitative estimate of drug-likeness (QED) is 0.296. The summed E-state index contributed by atoms with van der Waals surface area (Å²) in [5.41, 5.74) is 15.8. The number of nitrogens with zero attached hydrogens (tertiary/aromatic N) is 4. The normalized spacial score (nSPS) is 14.5. The van der Waals surface area contributed by atoms with Crippen LogP contribution < -0.4 is 22.5 Å². The molecule has 0 aliphatic heterocycles. The molecule has 11 nitrogen and oxygen atoms in total. The zero-order chi connectivity index (χ0) is 25.0. The lowest BCUT2D eigenvalue weighted by Gasteiger charge is -2.27. The van der Waals surface area contributed by atoms with Crippen molar-refractivity contribution < 1.29 is 14.7 Å². The van der Waals surface area contributed by atoms with E-state index in [2.05, 4.69) is 25.3 Å². The average Bonchev–Trinajstić information content (AvgIpc) is 2.71. The fourth-order valence-electron chi connectivity index (χ4n) is 2.34. The smallest absolute Gasteiger partial charge is 0.254 e. The van der Waals surface area contributed by atoms with Crippen LogP contribution in [0.5, 0.6) is 0 Å². The van der Waals surface area contributed by atoms with E-state index in [9.17, 15) is 9.59 Å². The number of aliphatic hydroxyl groups is 1. The average molecular weight is 522 g/mol. The van der Waals surface area contributed by atoms with E-state index in [4.69, 9.17) is 57.1 Å². The molecule has 182 valence electrons. The molecule has 0 atom stereocenters. The minimum atomic E-state index is -0.674. The van der Waals surface area contributed by atoms with Crippen molar-refractivity contribution >= 4 is 52.4 Å². The van der Waals surface area contributed by atoms with Gasteiger partial charge in [-0.25, -0.2) is 15.0 Å². The fraction of sp³-hybridized carbons (Fsp3) is 0.474. The molecule has 0 aromatic carbocycles. The summed E-state index contributed by atoms with van der Waals surface area (Å²) in [6.07, 6.45) is 9.78. The summed E-state index contributed by atoms with van der Waals surface area (Å²) < 4.78 is 0. The molecule has 2 aliphatic rings. The highest BCUT2D eigenvalue weighted by Gasteiger charge is 2.20. The third-order valence-electron chi connectivity index (χ3n) is 4.60. The molecular weight excluding hydrogens is 495 g/mol. The van der Waals surface area contributed by atoms with Crippen LogP contribution in [-0.2, 0) is 0 Å². The van der Waals surface area contributed by atoms with Gasteiger partial charge in [-0.1, -0.05) is 18.0 Å². The molecule has 2 amide bonds. The number of primary amides is 2. The van der Waals surface area contributed by atoms with Crippen molar-refractivity contribution in [1.82, 2.24) is 19.9 Å². The fourth-order valence-corrected chi connectivity index (χ4v) is 2.87. The zero-order valence-electron chi connectivity index (χ0n) is 18.0. The number of halogens is 3. The van der Waals surface area contributed by atoms with Crippen molar-refractivity contribution in [3.8, 4) is 0 Å². The number of hydrogen-bond acceptors (Lipinski definition) is 9. The minimum Gasteiger partial charge on any atom is -0.400 e. The standard InChI is InChI=1S/C9H11ClN4O.C5H3Cl2N3O.C4H9N.CH4O/c10-9-12-4-6(7(11)15)8(14-9)13-5-2-1-3-5;6-3-2(4(8)11)1-9-5(7)10-3;5-4-2-1-3-4;1-2/h4-5H,1-3H2,(H2,11,15)(H,12,13,14);1H,(H2,8,11);4H,1-3,5H2;2H,1H3. The zero-order valence-corrected chi connectivity index (χ0v) is 20.2. The van der Waals surface area contributed by atoms with E-state index < -0.39 is 11.8 Å². The van der Waals surface area contributed by atoms with Gasteiger partial charge in [0.2, 0.25) is 10.6 Å². The number of carbonyl (C=O) groups excluding carboxylic acids is 2. The van der Waals surface area contributed by atoms with Crippen molar-refractivity contribution in [2.75, 3.05) is 12.4 Å². The third kappa shape index (κ3) is 10.0. The Morgan fingerprint density at radius 3 is 1.73 bits per heavy atom. The number of aliphatic hydroxyl groups excluding tert-OH is 1. The molecule has 2 saturated carbocycles. The van der Waals surface area contributed by atoms with Gasteiger partial charge in [-0.2, -0.15) is 4.98 Å². The highest BCUT2D eigenvalue weighted by Crippen LogP contribution is 2.24. The van der Waals surface area contributed by atoms with Gasteiger partial charge in [0.1, 0.15) is 11.0 Å². The Bertz CT molecular complexity index is 927. The van der Waals surface area contributed by atoms with Crippen molar-refractivity contribution in [2.45, 2.75) is 50.6 Å². The molecule has 0 spiro atoms. The molecule has 4 rings (SSSR count). The van der Waals surface area contributed by atoms with Gasteiger partial charge < -0.3 is 27.6 Å². The Kier molecular flexibility index (Phi) is 12.8. The number of rotatable bonds is 4. The van der Waals surface area contributed by atoms with Gasteiger partial charge >= 0.3 is 0 Å². The maximum atomic E-state index is 11.1. The van der Waals surface area contributed by atoms with Crippen LogP contribution in [0.15, 0.2) is 12.4 Å². The van der Waals surface area contributed by atoms with E-state index in [1.165, 1.54) is 38.1 Å². The topological polar surface area (TPSA) is 196 Å². The van der Waals surface area contributed by atoms with Crippen LogP contribution in [0.3, 0.4) is 0 Å². The third-order valence-corrected chi connectivity index (χ3v) is 5.25. The molecule has 0 unspecified atom stereocenters. The largest absolute Gasteiger partial charge is 0.400 e. The Hall–Kier alpha value is -2.31. The van der Waals surface area contributed by atoms with Crippen LogP contribution in [-0.4, -0.2) is 56.1 Å². The molecule has 2 aliphatic carbocycles. The van der Waals surface area contributed by atoms with Crippen molar-refractivity contribution in [1.29, 1.82) is 0 Å². The van der Waals surface area contributed by atoms with Gasteiger partial charge in [0, 0.05) is 31.6 Å². The van der Waals surface area contributed by atoms with E-state index in [1.54, 1.807) is 0 Å². The number of carbonyl (C=O) groups is 2. The first-order valence-corrected chi connectivity index (χ1v) is 11.1. The molecule has 0 saturated heterocycles. The Morgan fingerprint density at radius 1 is 0.909 bits per heavy atom. The second kappa shape index (κ2) is 14.8. The van der Waals surface area contributed by atoms with Gasteiger partial charge in [-0.05, 0) is 55.3 Å². The van der Waals surface area contributed by atoms with Crippen molar-refractivity contribution in [3.05, 3.63) is 39.2 Å². The van der Waals surface area contributed by atoms with Crippen LogP contribution in [0.1, 0.15) is 59.2 Å². The maximum Gasteiger partial charge on any atom is 0.254 e. The molecule has 33 heavy (non-hydrogen) atoms. The number of nitrogens with two attached hydrogens (primary N) is 3. The summed E-state index contributed by atoms with van der Waals surface area (Å²) in [7, 11) is 1.00. The summed E-state index contributed by atoms with van der Waals surface area (Å²) in [6, 6.07) is 0.934. The SMILES string of the molecule is CO.NC(=O)c1cnc(Cl)nc1Cl.NC(=O)c1cnc(Cl)nc1NC1CCC1.NC1CCC1. The van der Waals surface area contributed by atoms with Crippen LogP contribution in [0.4, 0.5) is 5.82 Å². The molecule has 14 heteroatoms. The predicted molar refractivity (Wildman–Crippen MR) is 127 cm³/mol. The van der Waals surface area contributed by atoms with Gasteiger partial charge in [0.15, 0.2) is 0 Å². The molecular formula is C19H27Cl3N8O3. The molecule has 2 fully saturated rings. The molecule has 0 radical (unpaired) electrons. The van der Waals surface area contributed by atoms with Gasteiger partial charge in [-0.15, -0.1) is 0 Å². The summed E-state index contributed by atoms with van der Waals surface area (Å²) in [5.74, 6) is -0.785. The highest BCUT2D eigenvalue weighted by molar-refractivity contribution is 6.34. The first-order valence-electron chi connectivity index (χ1n) is 9.94. The van der Waals surface area contributed by atoms with E-state index in [0.29, 0.717) is 17.9 Å². The van der Waals surface area contributed by atoms with Crippen LogP contribution >= 0.6 is 34.8 Å². The predicted octanol–water partition coefficient (Wildman–Crippen LogP) is 2.18. The molecule has 2 aromatic rings. The Morgan fingerprint density at radius 2 is 1.36 bits per heavy atom.